The number of allylic oxidation sites excluding steroid dienone is 5. The second-order valence-corrected chi connectivity index (χ2v) is 22.8. The maximum atomic E-state index is 12.5. The predicted octanol–water partition coefficient (Wildman–Crippen LogP) is 21.1. The van der Waals surface area contributed by atoms with E-state index in [0.29, 0.717) is 25.9 Å². The molecule has 0 aliphatic rings. The molecule has 0 radical (unpaired) electrons. The fourth-order valence-corrected chi connectivity index (χ4v) is 10.4. The zero-order chi connectivity index (χ0) is 53.6. The number of esters is 1. The third-order valence-electron chi connectivity index (χ3n) is 15.4. The first-order valence-corrected chi connectivity index (χ1v) is 33.2. The van der Waals surface area contributed by atoms with Crippen molar-refractivity contribution < 1.29 is 24.5 Å². The second-order valence-electron chi connectivity index (χ2n) is 22.8. The van der Waals surface area contributed by atoms with Gasteiger partial charge in [0.25, 0.3) is 0 Å². The van der Waals surface area contributed by atoms with E-state index in [2.05, 4.69) is 55.6 Å². The third-order valence-corrected chi connectivity index (χ3v) is 15.4. The first kappa shape index (κ1) is 72.1. The van der Waals surface area contributed by atoms with E-state index in [-0.39, 0.29) is 18.5 Å². The Morgan fingerprint density at radius 3 is 1.04 bits per heavy atom. The lowest BCUT2D eigenvalue weighted by molar-refractivity contribution is -0.143. The molecule has 1 amide bonds. The minimum Gasteiger partial charge on any atom is -0.465 e. The van der Waals surface area contributed by atoms with Crippen LogP contribution < -0.4 is 5.32 Å². The van der Waals surface area contributed by atoms with Gasteiger partial charge in [-0.25, -0.2) is 0 Å². The lowest BCUT2D eigenvalue weighted by Crippen LogP contribution is -2.45. The maximum absolute atomic E-state index is 12.5. The predicted molar refractivity (Wildman–Crippen MR) is 324 cm³/mol. The van der Waals surface area contributed by atoms with E-state index in [0.717, 1.165) is 51.4 Å². The highest BCUT2D eigenvalue weighted by molar-refractivity contribution is 5.76. The summed E-state index contributed by atoms with van der Waals surface area (Å²) in [5, 5.41) is 23.4. The van der Waals surface area contributed by atoms with Crippen LogP contribution in [0.25, 0.3) is 0 Å². The standard InChI is InChI=1S/C68H129NO5/c1-3-5-7-9-11-13-15-17-19-21-22-26-29-32-36-40-44-48-52-56-60-66(71)65(64-70)69-67(72)61-57-53-49-45-41-37-33-30-27-24-23-25-28-31-35-39-43-47-51-55-59-63-74-68(73)62-58-54-50-46-42-38-34-20-18-16-14-12-10-8-6-4-2/h20,34,39,43,51,55,65-66,70-71H,3-19,21-33,35-38,40-42,44-50,52-54,56-64H2,1-2H3,(H,69,72)/b34-20-,43-39-,55-51-. The molecule has 0 heterocycles. The molecule has 0 fully saturated rings. The number of nitrogens with one attached hydrogen (secondary N) is 1. The number of carbonyl (C=O) groups is 2. The smallest absolute Gasteiger partial charge is 0.305 e. The summed E-state index contributed by atoms with van der Waals surface area (Å²) in [6.07, 6.45) is 80.4. The molecule has 2 unspecified atom stereocenters. The van der Waals surface area contributed by atoms with Gasteiger partial charge in [0.05, 0.1) is 25.4 Å². The van der Waals surface area contributed by atoms with Crippen LogP contribution in [0.5, 0.6) is 0 Å². The molecule has 0 aromatic heterocycles. The Labute approximate surface area is 462 Å². The minimum atomic E-state index is -0.669. The van der Waals surface area contributed by atoms with Crippen molar-refractivity contribution in [2.75, 3.05) is 13.2 Å². The van der Waals surface area contributed by atoms with Crippen molar-refractivity contribution in [2.24, 2.45) is 0 Å². The van der Waals surface area contributed by atoms with E-state index in [9.17, 15) is 19.8 Å². The molecule has 3 N–H and O–H groups in total. The fraction of sp³-hybridized carbons (Fsp3) is 0.882. The summed E-state index contributed by atoms with van der Waals surface area (Å²) in [5.41, 5.74) is 0. The summed E-state index contributed by atoms with van der Waals surface area (Å²) >= 11 is 0. The Bertz CT molecular complexity index is 1200. The Hall–Kier alpha value is -1.92. The van der Waals surface area contributed by atoms with Crippen LogP contribution in [0.3, 0.4) is 0 Å². The quantitative estimate of drug-likeness (QED) is 0.0320. The highest BCUT2D eigenvalue weighted by Crippen LogP contribution is 2.18. The molecule has 0 spiro atoms. The van der Waals surface area contributed by atoms with Crippen molar-refractivity contribution in [3.05, 3.63) is 36.5 Å². The molecule has 0 aromatic rings. The molecule has 74 heavy (non-hydrogen) atoms. The van der Waals surface area contributed by atoms with Crippen molar-refractivity contribution in [1.29, 1.82) is 0 Å². The minimum absolute atomic E-state index is 0.0367. The zero-order valence-corrected chi connectivity index (χ0v) is 49.8. The summed E-state index contributed by atoms with van der Waals surface area (Å²) in [6, 6.07) is -0.547. The number of aliphatic hydroxyl groups is 2. The number of rotatable bonds is 62. The molecule has 0 rings (SSSR count). The third kappa shape index (κ3) is 59.3. The Morgan fingerprint density at radius 1 is 0.378 bits per heavy atom. The van der Waals surface area contributed by atoms with Crippen LogP contribution in [0.2, 0.25) is 0 Å². The van der Waals surface area contributed by atoms with Gasteiger partial charge in [0, 0.05) is 12.8 Å². The van der Waals surface area contributed by atoms with Crippen LogP contribution >= 0.6 is 0 Å². The first-order chi connectivity index (χ1) is 36.5. The number of aliphatic hydroxyl groups excluding tert-OH is 2. The average Bonchev–Trinajstić information content (AvgIpc) is 3.40. The van der Waals surface area contributed by atoms with Gasteiger partial charge in [-0.1, -0.05) is 314 Å². The van der Waals surface area contributed by atoms with Crippen LogP contribution in [-0.4, -0.2) is 47.4 Å². The van der Waals surface area contributed by atoms with Crippen LogP contribution in [0.15, 0.2) is 36.5 Å². The van der Waals surface area contributed by atoms with Crippen LogP contribution in [0, 0.1) is 0 Å². The fourth-order valence-electron chi connectivity index (χ4n) is 10.4. The average molecular weight is 1040 g/mol. The van der Waals surface area contributed by atoms with Gasteiger partial charge in [-0.15, -0.1) is 0 Å². The summed E-state index contributed by atoms with van der Waals surface area (Å²) in [4.78, 5) is 24.6. The number of hydrogen-bond acceptors (Lipinski definition) is 5. The van der Waals surface area contributed by atoms with E-state index < -0.39 is 12.1 Å². The van der Waals surface area contributed by atoms with Crippen molar-refractivity contribution >= 4 is 11.9 Å². The monoisotopic (exact) mass is 1040 g/mol. The van der Waals surface area contributed by atoms with Gasteiger partial charge in [-0.05, 0) is 70.6 Å². The molecule has 436 valence electrons. The van der Waals surface area contributed by atoms with E-state index in [1.807, 2.05) is 0 Å². The topological polar surface area (TPSA) is 95.9 Å². The molecule has 0 saturated carbocycles. The number of unbranched alkanes of at least 4 members (excludes halogenated alkanes) is 45. The maximum Gasteiger partial charge on any atom is 0.305 e. The zero-order valence-electron chi connectivity index (χ0n) is 49.8. The SMILES string of the molecule is CCCCCCCCC/C=C\CCCCCCCC(=O)OCC/C=C\C/C=C\CCCCCCCCCCCCCCCCC(=O)NC(CO)C(O)CCCCCCCCCCCCCCCCCCCCCC. The van der Waals surface area contributed by atoms with E-state index in [1.165, 1.54) is 276 Å². The molecule has 6 heteroatoms. The molecule has 0 bridgehead atoms. The van der Waals surface area contributed by atoms with Gasteiger partial charge in [-0.3, -0.25) is 9.59 Å². The molecule has 0 saturated heterocycles. The number of hydrogen-bond donors (Lipinski definition) is 3. The van der Waals surface area contributed by atoms with Crippen molar-refractivity contribution in [3.63, 3.8) is 0 Å². The largest absolute Gasteiger partial charge is 0.465 e. The summed E-state index contributed by atoms with van der Waals surface area (Å²) < 4.78 is 5.42. The van der Waals surface area contributed by atoms with Gasteiger partial charge in [0.2, 0.25) is 5.91 Å². The van der Waals surface area contributed by atoms with Gasteiger partial charge in [0.15, 0.2) is 0 Å². The molecule has 0 aliphatic carbocycles. The molecule has 6 nitrogen and oxygen atoms in total. The van der Waals surface area contributed by atoms with Crippen molar-refractivity contribution in [3.8, 4) is 0 Å². The van der Waals surface area contributed by atoms with E-state index in [4.69, 9.17) is 4.74 Å². The number of ether oxygens (including phenoxy) is 1. The Balaban J connectivity index is 3.45. The highest BCUT2D eigenvalue weighted by atomic mass is 16.5. The van der Waals surface area contributed by atoms with Crippen molar-refractivity contribution in [2.45, 2.75) is 373 Å². The van der Waals surface area contributed by atoms with Gasteiger partial charge in [-0.2, -0.15) is 0 Å². The molecular weight excluding hydrogens is 911 g/mol. The van der Waals surface area contributed by atoms with Crippen LogP contribution in [0.4, 0.5) is 0 Å². The van der Waals surface area contributed by atoms with E-state index >= 15 is 0 Å². The first-order valence-electron chi connectivity index (χ1n) is 33.2. The van der Waals surface area contributed by atoms with Gasteiger partial charge >= 0.3 is 5.97 Å². The lowest BCUT2D eigenvalue weighted by Gasteiger charge is -2.22. The normalized spacial score (nSPS) is 12.8. The summed E-state index contributed by atoms with van der Waals surface area (Å²) in [7, 11) is 0. The molecule has 0 aliphatic heterocycles. The summed E-state index contributed by atoms with van der Waals surface area (Å²) in [6.45, 7) is 4.86. The molecular formula is C68H129NO5. The van der Waals surface area contributed by atoms with Crippen LogP contribution in [0.1, 0.15) is 361 Å². The van der Waals surface area contributed by atoms with E-state index in [1.54, 1.807) is 0 Å². The Morgan fingerprint density at radius 2 is 0.676 bits per heavy atom. The molecule has 0 aromatic carbocycles. The van der Waals surface area contributed by atoms with Gasteiger partial charge in [0.1, 0.15) is 0 Å². The van der Waals surface area contributed by atoms with Crippen molar-refractivity contribution in [1.82, 2.24) is 5.32 Å². The van der Waals surface area contributed by atoms with Gasteiger partial charge < -0.3 is 20.3 Å². The summed E-state index contributed by atoms with van der Waals surface area (Å²) in [5.74, 6) is -0.0788. The lowest BCUT2D eigenvalue weighted by atomic mass is 10.0. The number of amides is 1. The number of carbonyl (C=O) groups excluding carboxylic acids is 2. The second kappa shape index (κ2) is 63.6. The Kier molecular flexibility index (Phi) is 62.0. The highest BCUT2D eigenvalue weighted by Gasteiger charge is 2.20. The molecule has 2 atom stereocenters. The van der Waals surface area contributed by atoms with Crippen LogP contribution in [-0.2, 0) is 14.3 Å².